The lowest BCUT2D eigenvalue weighted by atomic mass is 10.1. The van der Waals surface area contributed by atoms with Crippen molar-refractivity contribution in [3.63, 3.8) is 0 Å². The summed E-state index contributed by atoms with van der Waals surface area (Å²) in [4.78, 5) is 2.44. The molecule has 1 aliphatic rings. The van der Waals surface area contributed by atoms with Crippen LogP contribution in [0.4, 0.5) is 4.39 Å². The van der Waals surface area contributed by atoms with Crippen molar-refractivity contribution in [3.05, 3.63) is 35.6 Å². The molecule has 2 rings (SSSR count). The average Bonchev–Trinajstić information content (AvgIpc) is 2.25. The van der Waals surface area contributed by atoms with Gasteiger partial charge in [0.25, 0.3) is 0 Å². The molecule has 88 valence electrons. The highest BCUT2D eigenvalue weighted by molar-refractivity contribution is 8.00. The van der Waals surface area contributed by atoms with Gasteiger partial charge in [-0.15, -0.1) is 0 Å². The fourth-order valence-electron chi connectivity index (χ4n) is 2.09. The number of nitrogens with zero attached hydrogens (tertiary/aromatic N) is 1. The fourth-order valence-corrected chi connectivity index (χ4v) is 3.25. The average molecular weight is 239 g/mol. The summed E-state index contributed by atoms with van der Waals surface area (Å²) in [6.45, 7) is 6.50. The first kappa shape index (κ1) is 11.9. The van der Waals surface area contributed by atoms with E-state index in [2.05, 4.69) is 18.7 Å². The summed E-state index contributed by atoms with van der Waals surface area (Å²) in [5.74, 6) is 1.05. The van der Waals surface area contributed by atoms with Crippen LogP contribution in [0, 0.1) is 5.82 Å². The van der Waals surface area contributed by atoms with Gasteiger partial charge in [-0.2, -0.15) is 11.8 Å². The van der Waals surface area contributed by atoms with Crippen molar-refractivity contribution >= 4 is 11.8 Å². The van der Waals surface area contributed by atoms with Crippen LogP contribution < -0.4 is 0 Å². The van der Waals surface area contributed by atoms with Gasteiger partial charge in [-0.3, -0.25) is 4.90 Å². The van der Waals surface area contributed by atoms with Crippen molar-refractivity contribution in [1.29, 1.82) is 0 Å². The Bertz CT molecular complexity index is 356. The van der Waals surface area contributed by atoms with Gasteiger partial charge in [-0.25, -0.2) is 4.39 Å². The number of halogens is 1. The van der Waals surface area contributed by atoms with Crippen LogP contribution in [0.25, 0.3) is 0 Å². The van der Waals surface area contributed by atoms with Crippen molar-refractivity contribution in [2.75, 3.05) is 12.3 Å². The summed E-state index contributed by atoms with van der Waals surface area (Å²) in [6.07, 6.45) is 0. The third-order valence-electron chi connectivity index (χ3n) is 3.29. The molecule has 1 aromatic carbocycles. The lowest BCUT2D eigenvalue weighted by molar-refractivity contribution is 0.204. The molecular weight excluding hydrogens is 221 g/mol. The maximum atomic E-state index is 13.1. The third-order valence-corrected chi connectivity index (χ3v) is 4.63. The van der Waals surface area contributed by atoms with E-state index in [4.69, 9.17) is 0 Å². The van der Waals surface area contributed by atoms with Gasteiger partial charge < -0.3 is 0 Å². The molecule has 0 radical (unpaired) electrons. The van der Waals surface area contributed by atoms with Crippen molar-refractivity contribution < 1.29 is 4.39 Å². The molecule has 0 saturated carbocycles. The van der Waals surface area contributed by atoms with Crippen LogP contribution in [0.15, 0.2) is 24.3 Å². The predicted octanol–water partition coefficient (Wildman–Crippen LogP) is 3.15. The Morgan fingerprint density at radius 1 is 1.44 bits per heavy atom. The molecule has 1 aromatic rings. The van der Waals surface area contributed by atoms with Crippen molar-refractivity contribution in [2.24, 2.45) is 0 Å². The Kier molecular flexibility index (Phi) is 3.87. The number of thioether (sulfide) groups is 1. The molecule has 2 atom stereocenters. The highest BCUT2D eigenvalue weighted by Gasteiger charge is 2.24. The van der Waals surface area contributed by atoms with Crippen LogP contribution in [0.2, 0.25) is 0 Å². The van der Waals surface area contributed by atoms with Crippen LogP contribution in [-0.4, -0.2) is 28.5 Å². The summed E-state index contributed by atoms with van der Waals surface area (Å²) in [5.41, 5.74) is 1.07. The standard InChI is InChI=1S/C13H18FNS/c1-10-11(2)16-7-6-15(10)9-12-4-3-5-13(14)8-12/h3-5,8,10-11H,6-7,9H2,1-2H3. The monoisotopic (exact) mass is 239 g/mol. The van der Waals surface area contributed by atoms with E-state index in [1.54, 1.807) is 12.1 Å². The Morgan fingerprint density at radius 3 is 3.00 bits per heavy atom. The largest absolute Gasteiger partial charge is 0.295 e. The van der Waals surface area contributed by atoms with Gasteiger partial charge >= 0.3 is 0 Å². The minimum absolute atomic E-state index is 0.135. The molecule has 0 spiro atoms. The summed E-state index contributed by atoms with van der Waals surface area (Å²) >= 11 is 2.03. The van der Waals surface area contributed by atoms with E-state index in [0.717, 1.165) is 18.7 Å². The predicted molar refractivity (Wildman–Crippen MR) is 68.2 cm³/mol. The van der Waals surface area contributed by atoms with Gasteiger partial charge in [-0.1, -0.05) is 19.1 Å². The molecule has 0 amide bonds. The first-order valence-electron chi connectivity index (χ1n) is 5.77. The lowest BCUT2D eigenvalue weighted by Crippen LogP contribution is -2.43. The van der Waals surface area contributed by atoms with E-state index in [1.165, 1.54) is 11.8 Å². The molecule has 16 heavy (non-hydrogen) atoms. The Morgan fingerprint density at radius 2 is 2.25 bits per heavy atom. The van der Waals surface area contributed by atoms with Crippen molar-refractivity contribution in [2.45, 2.75) is 31.7 Å². The van der Waals surface area contributed by atoms with E-state index >= 15 is 0 Å². The summed E-state index contributed by atoms with van der Waals surface area (Å²) in [5, 5.41) is 0.669. The number of benzene rings is 1. The minimum Gasteiger partial charge on any atom is -0.295 e. The highest BCUT2D eigenvalue weighted by atomic mass is 32.2. The van der Waals surface area contributed by atoms with Gasteiger partial charge in [0.2, 0.25) is 0 Å². The molecule has 1 nitrogen and oxygen atoms in total. The molecular formula is C13H18FNS. The van der Waals surface area contributed by atoms with Gasteiger partial charge in [0, 0.05) is 30.1 Å². The van der Waals surface area contributed by atoms with Gasteiger partial charge in [-0.05, 0) is 24.6 Å². The molecule has 1 aliphatic heterocycles. The normalized spacial score (nSPS) is 26.9. The smallest absolute Gasteiger partial charge is 0.123 e. The quantitative estimate of drug-likeness (QED) is 0.780. The van der Waals surface area contributed by atoms with E-state index < -0.39 is 0 Å². The van der Waals surface area contributed by atoms with Crippen LogP contribution in [-0.2, 0) is 6.54 Å². The second-order valence-corrected chi connectivity index (χ2v) is 5.90. The van der Waals surface area contributed by atoms with E-state index in [0.29, 0.717) is 11.3 Å². The fraction of sp³-hybridized carbons (Fsp3) is 0.538. The highest BCUT2D eigenvalue weighted by Crippen LogP contribution is 2.25. The van der Waals surface area contributed by atoms with E-state index in [1.807, 2.05) is 17.8 Å². The molecule has 3 heteroatoms. The molecule has 0 bridgehead atoms. The second-order valence-electron chi connectivity index (χ2n) is 4.42. The van der Waals surface area contributed by atoms with Crippen LogP contribution in [0.3, 0.4) is 0 Å². The minimum atomic E-state index is -0.135. The molecule has 0 N–H and O–H groups in total. The molecule has 0 aromatic heterocycles. The topological polar surface area (TPSA) is 3.24 Å². The lowest BCUT2D eigenvalue weighted by Gasteiger charge is -2.37. The summed E-state index contributed by atoms with van der Waals surface area (Å²) < 4.78 is 13.1. The van der Waals surface area contributed by atoms with E-state index in [-0.39, 0.29) is 5.82 Å². The van der Waals surface area contributed by atoms with Crippen molar-refractivity contribution in [3.8, 4) is 0 Å². The van der Waals surface area contributed by atoms with Crippen LogP contribution in [0.1, 0.15) is 19.4 Å². The maximum absolute atomic E-state index is 13.1. The molecule has 1 saturated heterocycles. The Balaban J connectivity index is 2.03. The van der Waals surface area contributed by atoms with Crippen molar-refractivity contribution in [1.82, 2.24) is 4.90 Å². The molecule has 1 fully saturated rings. The first-order valence-corrected chi connectivity index (χ1v) is 6.82. The summed E-state index contributed by atoms with van der Waals surface area (Å²) in [6, 6.07) is 7.50. The van der Waals surface area contributed by atoms with Gasteiger partial charge in [0.15, 0.2) is 0 Å². The van der Waals surface area contributed by atoms with Crippen LogP contribution >= 0.6 is 11.8 Å². The van der Waals surface area contributed by atoms with Crippen LogP contribution in [0.5, 0.6) is 0 Å². The summed E-state index contributed by atoms with van der Waals surface area (Å²) in [7, 11) is 0. The molecule has 1 heterocycles. The number of hydrogen-bond acceptors (Lipinski definition) is 2. The Labute approximate surface area is 101 Å². The third kappa shape index (κ3) is 2.77. The number of rotatable bonds is 2. The second kappa shape index (κ2) is 5.19. The Hall–Kier alpha value is -0.540. The number of hydrogen-bond donors (Lipinski definition) is 0. The first-order chi connectivity index (χ1) is 7.66. The zero-order chi connectivity index (χ0) is 11.5. The van der Waals surface area contributed by atoms with E-state index in [9.17, 15) is 4.39 Å². The molecule has 2 unspecified atom stereocenters. The maximum Gasteiger partial charge on any atom is 0.123 e. The van der Waals surface area contributed by atoms with Gasteiger partial charge in [0.05, 0.1) is 0 Å². The molecule has 0 aliphatic carbocycles. The van der Waals surface area contributed by atoms with Gasteiger partial charge in [0.1, 0.15) is 5.82 Å². The SMILES string of the molecule is CC1SCCN(Cc2cccc(F)c2)C1C. The zero-order valence-corrected chi connectivity index (χ0v) is 10.6. The zero-order valence-electron chi connectivity index (χ0n) is 9.82.